The third-order valence-electron chi connectivity index (χ3n) is 4.91. The van der Waals surface area contributed by atoms with Crippen molar-refractivity contribution in [2.45, 2.75) is 24.7 Å². The van der Waals surface area contributed by atoms with Gasteiger partial charge in [0.1, 0.15) is 11.5 Å². The highest BCUT2D eigenvalue weighted by molar-refractivity contribution is 6.30. The smallest absolute Gasteiger partial charge is 0.418 e. The minimum atomic E-state index is -4.60. The molecule has 0 unspecified atom stereocenters. The van der Waals surface area contributed by atoms with Gasteiger partial charge in [0.2, 0.25) is 5.60 Å². The third-order valence-corrected chi connectivity index (χ3v) is 5.13. The van der Waals surface area contributed by atoms with Gasteiger partial charge in [0.15, 0.2) is 0 Å². The second kappa shape index (κ2) is 8.96. The van der Waals surface area contributed by atoms with Crippen LogP contribution in [0.2, 0.25) is 5.02 Å². The molecule has 1 aliphatic rings. The van der Waals surface area contributed by atoms with Crippen LogP contribution in [0.5, 0.6) is 0 Å². The van der Waals surface area contributed by atoms with Gasteiger partial charge < -0.3 is 25.8 Å². The van der Waals surface area contributed by atoms with E-state index in [-0.39, 0.29) is 42.0 Å². The summed E-state index contributed by atoms with van der Waals surface area (Å²) in [6.45, 7) is -0.0714. The van der Waals surface area contributed by atoms with Crippen molar-refractivity contribution in [3.05, 3.63) is 64.4 Å². The Labute approximate surface area is 188 Å². The second-order valence-corrected chi connectivity index (χ2v) is 7.55. The molecule has 1 fully saturated rings. The maximum absolute atomic E-state index is 12.9. The van der Waals surface area contributed by atoms with Crippen molar-refractivity contribution in [3.63, 3.8) is 0 Å². The maximum Gasteiger partial charge on any atom is 0.418 e. The normalized spacial score (nSPS) is 18.4. The number of carbonyl (C=O) groups excluding carboxylic acids is 1. The molecule has 1 aromatic carbocycles. The van der Waals surface area contributed by atoms with E-state index < -0.39 is 29.2 Å². The number of hydrogen-bond acceptors (Lipinski definition) is 4. The van der Waals surface area contributed by atoms with Crippen LogP contribution < -0.4 is 4.90 Å². The third kappa shape index (κ3) is 4.92. The van der Waals surface area contributed by atoms with E-state index in [0.29, 0.717) is 10.6 Å². The highest BCUT2D eigenvalue weighted by Crippen LogP contribution is 2.36. The average Bonchev–Trinajstić information content (AvgIpc) is 3.29. The topological polar surface area (TPSA) is 130 Å². The first-order valence-electron chi connectivity index (χ1n) is 9.28. The molecule has 1 aliphatic heterocycles. The molecular weight excluding hydrogens is 472 g/mol. The van der Waals surface area contributed by atoms with Crippen molar-refractivity contribution in [2.75, 3.05) is 11.4 Å². The van der Waals surface area contributed by atoms with Crippen LogP contribution in [0, 0.1) is 5.82 Å². The monoisotopic (exact) mass is 487 g/mol. The van der Waals surface area contributed by atoms with Gasteiger partial charge >= 0.3 is 12.1 Å². The summed E-state index contributed by atoms with van der Waals surface area (Å²) < 4.78 is 51.2. The highest BCUT2D eigenvalue weighted by Gasteiger charge is 2.52. The SMILES string of the molecule is O=C(O)[C@]1(O)CCN(c2cnc3[nH]cc(C(F)(F)F)c3c2)C1=O.[NH-]Cc1cc(F)cc(Cl)c1. The Kier molecular flexibility index (Phi) is 6.63. The van der Waals surface area contributed by atoms with Crippen LogP contribution >= 0.6 is 11.6 Å². The molecule has 3 heterocycles. The van der Waals surface area contributed by atoms with Gasteiger partial charge in [0, 0.05) is 29.6 Å². The Morgan fingerprint density at radius 1 is 1.30 bits per heavy atom. The minimum Gasteiger partial charge on any atom is -0.674 e. The second-order valence-electron chi connectivity index (χ2n) is 7.12. The van der Waals surface area contributed by atoms with Crippen molar-refractivity contribution in [1.29, 1.82) is 0 Å². The van der Waals surface area contributed by atoms with Gasteiger partial charge in [-0.25, -0.2) is 14.2 Å². The van der Waals surface area contributed by atoms with Gasteiger partial charge in [-0.2, -0.15) is 13.2 Å². The number of aliphatic hydroxyl groups is 1. The molecule has 0 bridgehead atoms. The van der Waals surface area contributed by atoms with Crippen LogP contribution in [0.4, 0.5) is 23.2 Å². The van der Waals surface area contributed by atoms with E-state index in [2.05, 4.69) is 9.97 Å². The van der Waals surface area contributed by atoms with E-state index in [0.717, 1.165) is 23.4 Å². The number of rotatable bonds is 3. The number of aromatic nitrogens is 2. The quantitative estimate of drug-likeness (QED) is 0.377. The number of nitrogens with one attached hydrogen (secondary N) is 2. The number of carboxylic acids is 1. The summed E-state index contributed by atoms with van der Waals surface area (Å²) in [6, 6.07) is 5.20. The first-order chi connectivity index (χ1) is 15.4. The van der Waals surface area contributed by atoms with Gasteiger partial charge in [0.05, 0.1) is 17.4 Å². The Morgan fingerprint density at radius 2 is 2.00 bits per heavy atom. The summed E-state index contributed by atoms with van der Waals surface area (Å²) in [7, 11) is 0. The van der Waals surface area contributed by atoms with Crippen LogP contribution in [0.3, 0.4) is 0 Å². The molecule has 4 rings (SSSR count). The summed E-state index contributed by atoms with van der Waals surface area (Å²) in [5.41, 5.74) is 3.98. The molecular formula is C20H16ClF4N4O4-. The van der Waals surface area contributed by atoms with E-state index in [1.165, 1.54) is 12.1 Å². The van der Waals surface area contributed by atoms with Crippen molar-refractivity contribution in [1.82, 2.24) is 9.97 Å². The summed E-state index contributed by atoms with van der Waals surface area (Å²) in [6.07, 6.45) is -3.06. The van der Waals surface area contributed by atoms with Crippen LogP contribution in [0.15, 0.2) is 36.7 Å². The lowest BCUT2D eigenvalue weighted by molar-refractivity contribution is -0.162. The molecule has 3 aromatic rings. The number of alkyl halides is 3. The van der Waals surface area contributed by atoms with E-state index in [1.54, 1.807) is 6.07 Å². The lowest BCUT2D eigenvalue weighted by atomic mass is 10.0. The van der Waals surface area contributed by atoms with Gasteiger partial charge in [-0.15, -0.1) is 6.54 Å². The van der Waals surface area contributed by atoms with E-state index in [4.69, 9.17) is 22.4 Å². The number of halogens is 5. The number of anilines is 1. The zero-order valence-electron chi connectivity index (χ0n) is 16.6. The van der Waals surface area contributed by atoms with Gasteiger partial charge in [0.25, 0.3) is 5.91 Å². The van der Waals surface area contributed by atoms with Gasteiger partial charge in [-0.1, -0.05) is 17.2 Å². The molecule has 0 aliphatic carbocycles. The van der Waals surface area contributed by atoms with Crippen molar-refractivity contribution < 1.29 is 37.4 Å². The Morgan fingerprint density at radius 3 is 2.55 bits per heavy atom. The van der Waals surface area contributed by atoms with Gasteiger partial charge in [-0.3, -0.25) is 4.79 Å². The van der Waals surface area contributed by atoms with E-state index in [1.807, 2.05) is 0 Å². The molecule has 8 nitrogen and oxygen atoms in total. The Bertz CT molecular complexity index is 1200. The minimum absolute atomic E-state index is 0.00947. The number of carbonyl (C=O) groups is 2. The fraction of sp³-hybridized carbons (Fsp3) is 0.250. The number of nitrogens with zero attached hydrogens (tertiary/aromatic N) is 2. The predicted molar refractivity (Wildman–Crippen MR) is 110 cm³/mol. The summed E-state index contributed by atoms with van der Waals surface area (Å²) >= 11 is 5.51. The number of fused-ring (bicyclic) bond motifs is 1. The zero-order valence-corrected chi connectivity index (χ0v) is 17.3. The Balaban J connectivity index is 0.000000257. The molecule has 2 aromatic heterocycles. The molecule has 176 valence electrons. The number of benzene rings is 1. The molecule has 1 amide bonds. The number of pyridine rings is 1. The van der Waals surface area contributed by atoms with Crippen LogP contribution in [0.25, 0.3) is 16.8 Å². The molecule has 13 heteroatoms. The predicted octanol–water partition coefficient (Wildman–Crippen LogP) is 4.17. The van der Waals surface area contributed by atoms with Gasteiger partial charge in [-0.05, 0) is 24.3 Å². The zero-order chi connectivity index (χ0) is 24.6. The van der Waals surface area contributed by atoms with Crippen molar-refractivity contribution in [2.24, 2.45) is 0 Å². The first-order valence-corrected chi connectivity index (χ1v) is 9.66. The number of amides is 1. The molecule has 0 radical (unpaired) electrons. The fourth-order valence-electron chi connectivity index (χ4n) is 3.24. The number of aromatic amines is 1. The average molecular weight is 488 g/mol. The molecule has 33 heavy (non-hydrogen) atoms. The number of carboxylic acid groups (broad SMARTS) is 1. The Hall–Kier alpha value is -3.22. The molecule has 1 atom stereocenters. The lowest BCUT2D eigenvalue weighted by Gasteiger charge is -2.18. The van der Waals surface area contributed by atoms with Crippen molar-refractivity contribution >= 4 is 40.2 Å². The molecule has 0 spiro atoms. The lowest BCUT2D eigenvalue weighted by Crippen LogP contribution is -2.46. The number of H-pyrrole nitrogens is 1. The number of aliphatic carboxylic acids is 1. The van der Waals surface area contributed by atoms with E-state index in [9.17, 15) is 32.3 Å². The van der Waals surface area contributed by atoms with E-state index >= 15 is 0 Å². The van der Waals surface area contributed by atoms with Crippen LogP contribution in [-0.2, 0) is 22.3 Å². The molecule has 0 saturated carbocycles. The van der Waals surface area contributed by atoms with Crippen molar-refractivity contribution in [3.8, 4) is 0 Å². The highest BCUT2D eigenvalue weighted by atomic mass is 35.5. The molecule has 4 N–H and O–H groups in total. The summed E-state index contributed by atoms with van der Waals surface area (Å²) in [5.74, 6) is -3.18. The summed E-state index contributed by atoms with van der Waals surface area (Å²) in [4.78, 5) is 30.2. The molecule has 1 saturated heterocycles. The maximum atomic E-state index is 12.9. The van der Waals surface area contributed by atoms with Crippen LogP contribution in [-0.4, -0.2) is 44.2 Å². The first kappa shape index (κ1) is 24.4. The fourth-order valence-corrected chi connectivity index (χ4v) is 3.48. The summed E-state index contributed by atoms with van der Waals surface area (Å²) in [5, 5.41) is 18.9. The largest absolute Gasteiger partial charge is 0.674 e. The standard InChI is InChI=1S/C13H10F3N3O4.C7H6ClFN/c14-13(15,16)8-5-18-9-7(8)3-6(4-17-9)19-2-1-12(23,10(19)20)11(21)22;8-6-1-5(4-10)2-7(9)3-6/h3-5,23H,1-2H2,(H,17,18)(H,21,22);1-3,10H,4H2/q;-1/t12-;/m0./s1. The van der Waals surface area contributed by atoms with Crippen LogP contribution in [0.1, 0.15) is 17.5 Å². The number of hydrogen-bond donors (Lipinski definition) is 3.